The third-order valence-electron chi connectivity index (χ3n) is 6.17. The van der Waals surface area contributed by atoms with Gasteiger partial charge in [-0.3, -0.25) is 14.9 Å². The molecule has 3 aromatic rings. The number of rotatable bonds is 8. The van der Waals surface area contributed by atoms with E-state index in [9.17, 15) is 14.9 Å². The normalized spacial score (nSPS) is 14.3. The lowest BCUT2D eigenvalue weighted by Crippen LogP contribution is -2.48. The fourth-order valence-corrected chi connectivity index (χ4v) is 4.29. The van der Waals surface area contributed by atoms with E-state index in [-0.39, 0.29) is 22.6 Å². The molecule has 1 amide bonds. The molecule has 0 bridgehead atoms. The molecule has 1 N–H and O–H groups in total. The molecule has 1 atom stereocenters. The molecule has 1 aliphatic rings. The van der Waals surface area contributed by atoms with Crippen molar-refractivity contribution in [2.24, 2.45) is 0 Å². The Morgan fingerprint density at radius 3 is 2.46 bits per heavy atom. The number of ether oxygens (including phenoxy) is 1. The molecule has 35 heavy (non-hydrogen) atoms. The average Bonchev–Trinajstić information content (AvgIpc) is 2.89. The lowest BCUT2D eigenvalue weighted by atomic mass is 10.1. The van der Waals surface area contributed by atoms with Gasteiger partial charge in [0.1, 0.15) is 11.4 Å². The molecule has 1 fully saturated rings. The number of benzene rings is 3. The minimum absolute atomic E-state index is 0.0195. The van der Waals surface area contributed by atoms with Crippen LogP contribution >= 0.6 is 0 Å². The maximum absolute atomic E-state index is 13.0. The molecule has 1 aliphatic heterocycles. The van der Waals surface area contributed by atoms with Gasteiger partial charge in [0, 0.05) is 49.5 Å². The molecule has 3 aromatic carbocycles. The highest BCUT2D eigenvalue weighted by molar-refractivity contribution is 5.94. The number of hydrogen-bond acceptors (Lipinski definition) is 6. The van der Waals surface area contributed by atoms with E-state index in [1.54, 1.807) is 24.3 Å². The Bertz CT molecular complexity index is 1180. The van der Waals surface area contributed by atoms with Crippen LogP contribution in [0.2, 0.25) is 0 Å². The number of nitro groups is 1. The molecular weight excluding hydrogens is 444 g/mol. The fourth-order valence-electron chi connectivity index (χ4n) is 4.29. The standard InChI is InChI=1S/C27H30N4O4/c1-3-35-24-11-7-10-22(18-24)27(32)30-16-14-29(15-17-30)23-12-13-26(31(33)34)25(19-23)28-20(2)21-8-5-4-6-9-21/h4-13,18-20,28H,3,14-17H2,1-2H3. The van der Waals surface area contributed by atoms with E-state index in [0.29, 0.717) is 49.8 Å². The van der Waals surface area contributed by atoms with Crippen LogP contribution in [-0.2, 0) is 0 Å². The zero-order valence-electron chi connectivity index (χ0n) is 20.0. The van der Waals surface area contributed by atoms with Crippen LogP contribution in [0.15, 0.2) is 72.8 Å². The number of piperazine rings is 1. The first-order valence-corrected chi connectivity index (χ1v) is 11.8. The van der Waals surface area contributed by atoms with Crippen LogP contribution in [0.1, 0.15) is 35.8 Å². The molecule has 8 heteroatoms. The van der Waals surface area contributed by atoms with Crippen LogP contribution in [0.4, 0.5) is 17.1 Å². The Labute approximate surface area is 205 Å². The molecule has 4 rings (SSSR count). The van der Waals surface area contributed by atoms with Crippen LogP contribution in [-0.4, -0.2) is 48.5 Å². The summed E-state index contributed by atoms with van der Waals surface area (Å²) in [4.78, 5) is 28.3. The summed E-state index contributed by atoms with van der Waals surface area (Å²) in [6, 6.07) is 22.2. The summed E-state index contributed by atoms with van der Waals surface area (Å²) in [5, 5.41) is 15.0. The summed E-state index contributed by atoms with van der Waals surface area (Å²) >= 11 is 0. The largest absolute Gasteiger partial charge is 0.494 e. The van der Waals surface area contributed by atoms with Gasteiger partial charge in [-0.05, 0) is 49.7 Å². The van der Waals surface area contributed by atoms with Crippen LogP contribution in [0.5, 0.6) is 5.75 Å². The van der Waals surface area contributed by atoms with Crippen LogP contribution in [0, 0.1) is 10.1 Å². The van der Waals surface area contributed by atoms with Gasteiger partial charge >= 0.3 is 0 Å². The van der Waals surface area contributed by atoms with Gasteiger partial charge in [-0.15, -0.1) is 0 Å². The van der Waals surface area contributed by atoms with E-state index >= 15 is 0 Å². The van der Waals surface area contributed by atoms with Gasteiger partial charge in [0.15, 0.2) is 0 Å². The van der Waals surface area contributed by atoms with E-state index in [0.717, 1.165) is 11.3 Å². The molecule has 0 aliphatic carbocycles. The summed E-state index contributed by atoms with van der Waals surface area (Å²) in [5.41, 5.74) is 3.08. The number of nitrogens with one attached hydrogen (secondary N) is 1. The quantitative estimate of drug-likeness (QED) is 0.360. The first-order chi connectivity index (χ1) is 17.0. The number of carbonyl (C=O) groups is 1. The van der Waals surface area contributed by atoms with Gasteiger partial charge in [0.2, 0.25) is 0 Å². The molecule has 1 unspecified atom stereocenters. The lowest BCUT2D eigenvalue weighted by molar-refractivity contribution is -0.384. The van der Waals surface area contributed by atoms with Crippen molar-refractivity contribution < 1.29 is 14.5 Å². The summed E-state index contributed by atoms with van der Waals surface area (Å²) in [6.07, 6.45) is 0. The van der Waals surface area contributed by atoms with E-state index in [1.165, 1.54) is 0 Å². The second kappa shape index (κ2) is 10.9. The van der Waals surface area contributed by atoms with Gasteiger partial charge in [0.05, 0.1) is 11.5 Å². The van der Waals surface area contributed by atoms with Crippen molar-refractivity contribution in [3.05, 3.63) is 94.0 Å². The van der Waals surface area contributed by atoms with Crippen molar-refractivity contribution in [1.82, 2.24) is 4.90 Å². The topological polar surface area (TPSA) is 88.0 Å². The fraction of sp³-hybridized carbons (Fsp3) is 0.296. The summed E-state index contributed by atoms with van der Waals surface area (Å²) in [7, 11) is 0. The third kappa shape index (κ3) is 5.71. The highest BCUT2D eigenvalue weighted by Gasteiger charge is 2.24. The Kier molecular flexibility index (Phi) is 7.50. The number of amides is 1. The smallest absolute Gasteiger partial charge is 0.292 e. The molecule has 0 radical (unpaired) electrons. The van der Waals surface area contributed by atoms with Crippen LogP contribution in [0.25, 0.3) is 0 Å². The van der Waals surface area contributed by atoms with E-state index in [1.807, 2.05) is 67.3 Å². The van der Waals surface area contributed by atoms with Crippen molar-refractivity contribution in [1.29, 1.82) is 0 Å². The number of hydrogen-bond donors (Lipinski definition) is 1. The summed E-state index contributed by atoms with van der Waals surface area (Å²) in [5.74, 6) is 0.668. The first-order valence-electron chi connectivity index (χ1n) is 11.8. The molecule has 8 nitrogen and oxygen atoms in total. The number of anilines is 2. The Morgan fingerprint density at radius 1 is 1.03 bits per heavy atom. The Balaban J connectivity index is 1.45. The Morgan fingerprint density at radius 2 is 1.77 bits per heavy atom. The minimum Gasteiger partial charge on any atom is -0.494 e. The highest BCUT2D eigenvalue weighted by atomic mass is 16.6. The van der Waals surface area contributed by atoms with Crippen molar-refractivity contribution in [2.75, 3.05) is 43.0 Å². The molecule has 182 valence electrons. The molecule has 1 saturated heterocycles. The van der Waals surface area contributed by atoms with Crippen molar-refractivity contribution in [3.63, 3.8) is 0 Å². The lowest BCUT2D eigenvalue weighted by Gasteiger charge is -2.36. The van der Waals surface area contributed by atoms with Crippen molar-refractivity contribution >= 4 is 23.0 Å². The van der Waals surface area contributed by atoms with Gasteiger partial charge in [-0.25, -0.2) is 0 Å². The molecule has 0 aromatic heterocycles. The van der Waals surface area contributed by atoms with Crippen molar-refractivity contribution in [2.45, 2.75) is 19.9 Å². The summed E-state index contributed by atoms with van der Waals surface area (Å²) in [6.45, 7) is 6.86. The maximum atomic E-state index is 13.0. The van der Waals surface area contributed by atoms with E-state index < -0.39 is 0 Å². The van der Waals surface area contributed by atoms with E-state index in [2.05, 4.69) is 10.2 Å². The minimum atomic E-state index is -0.364. The Hall–Kier alpha value is -4.07. The predicted octanol–water partition coefficient (Wildman–Crippen LogP) is 5.13. The monoisotopic (exact) mass is 474 g/mol. The second-order valence-electron chi connectivity index (χ2n) is 8.48. The molecule has 0 spiro atoms. The van der Waals surface area contributed by atoms with Gasteiger partial charge in [0.25, 0.3) is 11.6 Å². The molecule has 0 saturated carbocycles. The first kappa shape index (κ1) is 24.1. The van der Waals surface area contributed by atoms with Crippen LogP contribution in [0.3, 0.4) is 0 Å². The molecule has 1 heterocycles. The third-order valence-corrected chi connectivity index (χ3v) is 6.17. The van der Waals surface area contributed by atoms with Gasteiger partial charge in [-0.2, -0.15) is 0 Å². The number of nitro benzene ring substituents is 1. The van der Waals surface area contributed by atoms with E-state index in [4.69, 9.17) is 4.74 Å². The van der Waals surface area contributed by atoms with Gasteiger partial charge < -0.3 is 19.9 Å². The summed E-state index contributed by atoms with van der Waals surface area (Å²) < 4.78 is 5.52. The van der Waals surface area contributed by atoms with Crippen LogP contribution < -0.4 is 15.0 Å². The maximum Gasteiger partial charge on any atom is 0.292 e. The number of nitrogens with zero attached hydrogens (tertiary/aromatic N) is 3. The average molecular weight is 475 g/mol. The molecular formula is C27H30N4O4. The zero-order chi connectivity index (χ0) is 24.8. The SMILES string of the molecule is CCOc1cccc(C(=O)N2CCN(c3ccc([N+](=O)[O-])c(NC(C)c4ccccc4)c3)CC2)c1. The number of carbonyl (C=O) groups excluding carboxylic acids is 1. The van der Waals surface area contributed by atoms with Crippen molar-refractivity contribution in [3.8, 4) is 5.75 Å². The van der Waals surface area contributed by atoms with Gasteiger partial charge in [-0.1, -0.05) is 36.4 Å². The zero-order valence-corrected chi connectivity index (χ0v) is 20.0. The highest BCUT2D eigenvalue weighted by Crippen LogP contribution is 2.33. The predicted molar refractivity (Wildman–Crippen MR) is 137 cm³/mol. The second-order valence-corrected chi connectivity index (χ2v) is 8.48.